The van der Waals surface area contributed by atoms with Gasteiger partial charge >= 0.3 is 0 Å². The summed E-state index contributed by atoms with van der Waals surface area (Å²) in [5.74, 6) is -0.910. The molecule has 0 fully saturated rings. The van der Waals surface area contributed by atoms with Gasteiger partial charge in [0.2, 0.25) is 10.0 Å². The molecule has 0 saturated carbocycles. The summed E-state index contributed by atoms with van der Waals surface area (Å²) < 4.78 is 45.2. The molecule has 0 aliphatic rings. The molecule has 2 aromatic rings. The van der Waals surface area contributed by atoms with E-state index < -0.39 is 21.7 Å². The Labute approximate surface area is 152 Å². The van der Waals surface area contributed by atoms with Crippen molar-refractivity contribution < 1.29 is 22.3 Å². The van der Waals surface area contributed by atoms with E-state index in [1.807, 2.05) is 0 Å². The Kier molecular flexibility index (Phi) is 6.47. The zero-order valence-corrected chi connectivity index (χ0v) is 15.6. The van der Waals surface area contributed by atoms with Crippen LogP contribution in [0.5, 0.6) is 0 Å². The largest absolute Gasteiger partial charge is 0.383 e. The van der Waals surface area contributed by atoms with E-state index in [0.29, 0.717) is 5.69 Å². The van der Waals surface area contributed by atoms with E-state index in [1.54, 1.807) is 19.9 Å². The zero-order valence-electron chi connectivity index (χ0n) is 14.7. The minimum absolute atomic E-state index is 0.0407. The lowest BCUT2D eigenvalue weighted by Gasteiger charge is -2.13. The smallest absolute Gasteiger partial charge is 0.255 e. The summed E-state index contributed by atoms with van der Waals surface area (Å²) in [7, 11) is -2.22. The Morgan fingerprint density at radius 3 is 2.46 bits per heavy atom. The molecule has 0 bridgehead atoms. The normalized spacial score (nSPS) is 12.6. The molecule has 6 nitrogen and oxygen atoms in total. The Morgan fingerprint density at radius 1 is 1.19 bits per heavy atom. The lowest BCUT2D eigenvalue weighted by atomic mass is 10.1. The second-order valence-corrected chi connectivity index (χ2v) is 7.63. The molecule has 0 saturated heterocycles. The summed E-state index contributed by atoms with van der Waals surface area (Å²) in [5, 5.41) is 2.61. The van der Waals surface area contributed by atoms with Crippen molar-refractivity contribution in [3.63, 3.8) is 0 Å². The van der Waals surface area contributed by atoms with E-state index in [-0.39, 0.29) is 23.1 Å². The SMILES string of the molecule is COC[C@@H](C)NS(=O)(=O)c1ccc(C(=O)Nc2cc(F)ccc2C)cc1. The predicted molar refractivity (Wildman–Crippen MR) is 97.2 cm³/mol. The van der Waals surface area contributed by atoms with Crippen molar-refractivity contribution in [2.75, 3.05) is 19.0 Å². The fourth-order valence-electron chi connectivity index (χ4n) is 2.33. The van der Waals surface area contributed by atoms with Crippen molar-refractivity contribution in [1.82, 2.24) is 4.72 Å². The molecule has 2 aromatic carbocycles. The van der Waals surface area contributed by atoms with Crippen LogP contribution in [0.1, 0.15) is 22.8 Å². The Morgan fingerprint density at radius 2 is 1.85 bits per heavy atom. The molecule has 0 unspecified atom stereocenters. The average Bonchev–Trinajstić information content (AvgIpc) is 2.58. The maximum absolute atomic E-state index is 13.3. The summed E-state index contributed by atoms with van der Waals surface area (Å²) in [4.78, 5) is 12.3. The Balaban J connectivity index is 2.13. The lowest BCUT2D eigenvalue weighted by molar-refractivity contribution is 0.102. The van der Waals surface area contributed by atoms with Crippen LogP contribution in [0.15, 0.2) is 47.4 Å². The maximum Gasteiger partial charge on any atom is 0.255 e. The minimum Gasteiger partial charge on any atom is -0.383 e. The number of rotatable bonds is 7. The van der Waals surface area contributed by atoms with Gasteiger partial charge in [0.25, 0.3) is 5.91 Å². The minimum atomic E-state index is -3.71. The molecule has 26 heavy (non-hydrogen) atoms. The quantitative estimate of drug-likeness (QED) is 0.774. The lowest BCUT2D eigenvalue weighted by Crippen LogP contribution is -2.35. The van der Waals surface area contributed by atoms with Gasteiger partial charge in [0.15, 0.2) is 0 Å². The van der Waals surface area contributed by atoms with Crippen molar-refractivity contribution in [1.29, 1.82) is 0 Å². The number of hydrogen-bond donors (Lipinski definition) is 2. The summed E-state index contributed by atoms with van der Waals surface area (Å²) in [6.07, 6.45) is 0. The first-order valence-corrected chi connectivity index (χ1v) is 9.40. The van der Waals surface area contributed by atoms with Crippen LogP contribution in [0.25, 0.3) is 0 Å². The highest BCUT2D eigenvalue weighted by atomic mass is 32.2. The first-order chi connectivity index (χ1) is 12.2. The van der Waals surface area contributed by atoms with Crippen molar-refractivity contribution in [3.05, 3.63) is 59.4 Å². The summed E-state index contributed by atoms with van der Waals surface area (Å²) in [5.41, 5.74) is 1.34. The number of carbonyl (C=O) groups is 1. The number of nitrogens with one attached hydrogen (secondary N) is 2. The average molecular weight is 380 g/mol. The van der Waals surface area contributed by atoms with E-state index in [9.17, 15) is 17.6 Å². The van der Waals surface area contributed by atoms with Crippen LogP contribution in [-0.4, -0.2) is 34.1 Å². The number of aryl methyl sites for hydroxylation is 1. The van der Waals surface area contributed by atoms with E-state index >= 15 is 0 Å². The van der Waals surface area contributed by atoms with Gasteiger partial charge in [-0.2, -0.15) is 0 Å². The van der Waals surface area contributed by atoms with Gasteiger partial charge in [0.05, 0.1) is 11.5 Å². The monoisotopic (exact) mass is 380 g/mol. The highest BCUT2D eigenvalue weighted by Gasteiger charge is 2.18. The molecule has 0 aromatic heterocycles. The number of methoxy groups -OCH3 is 1. The van der Waals surface area contributed by atoms with Gasteiger partial charge in [-0.3, -0.25) is 4.79 Å². The third-order valence-electron chi connectivity index (χ3n) is 3.65. The number of carbonyl (C=O) groups excluding carboxylic acids is 1. The van der Waals surface area contributed by atoms with Crippen LogP contribution in [0.3, 0.4) is 0 Å². The highest BCUT2D eigenvalue weighted by molar-refractivity contribution is 7.89. The fourth-order valence-corrected chi connectivity index (χ4v) is 3.55. The molecule has 2 rings (SSSR count). The fraction of sp³-hybridized carbons (Fsp3) is 0.278. The van der Waals surface area contributed by atoms with E-state index in [1.165, 1.54) is 43.5 Å². The maximum atomic E-state index is 13.3. The molecule has 0 aliphatic heterocycles. The van der Waals surface area contributed by atoms with Crippen molar-refractivity contribution >= 4 is 21.6 Å². The van der Waals surface area contributed by atoms with Crippen LogP contribution >= 0.6 is 0 Å². The molecule has 0 spiro atoms. The molecular formula is C18H21FN2O4S. The summed E-state index contributed by atoms with van der Waals surface area (Å²) in [6.45, 7) is 3.68. The molecule has 1 amide bonds. The second-order valence-electron chi connectivity index (χ2n) is 5.92. The molecule has 140 valence electrons. The summed E-state index contributed by atoms with van der Waals surface area (Å²) in [6, 6.07) is 9.20. The third-order valence-corrected chi connectivity index (χ3v) is 5.25. The van der Waals surface area contributed by atoms with Crippen LogP contribution in [0.2, 0.25) is 0 Å². The van der Waals surface area contributed by atoms with Gasteiger partial charge in [-0.1, -0.05) is 6.07 Å². The molecule has 0 heterocycles. The Hall–Kier alpha value is -2.29. The van der Waals surface area contributed by atoms with Crippen molar-refractivity contribution in [2.45, 2.75) is 24.8 Å². The number of hydrogen-bond acceptors (Lipinski definition) is 4. The standard InChI is InChI=1S/C18H21FN2O4S/c1-12-4-7-15(19)10-17(12)20-18(22)14-5-8-16(9-6-14)26(23,24)21-13(2)11-25-3/h4-10,13,21H,11H2,1-3H3,(H,20,22)/t13-/m1/s1. The predicted octanol–water partition coefficient (Wildman–Crippen LogP) is 2.70. The molecule has 2 N–H and O–H groups in total. The highest BCUT2D eigenvalue weighted by Crippen LogP contribution is 2.18. The number of sulfonamides is 1. The van der Waals surface area contributed by atoms with Gasteiger partial charge in [-0.15, -0.1) is 0 Å². The van der Waals surface area contributed by atoms with Gasteiger partial charge in [-0.05, 0) is 55.8 Å². The first kappa shape index (κ1) is 20.0. The molecule has 8 heteroatoms. The number of anilines is 1. The van der Waals surface area contributed by atoms with Crippen molar-refractivity contribution in [2.24, 2.45) is 0 Å². The van der Waals surface area contributed by atoms with E-state index in [0.717, 1.165) is 5.56 Å². The van der Waals surface area contributed by atoms with Crippen LogP contribution in [0.4, 0.5) is 10.1 Å². The molecule has 0 aliphatic carbocycles. The topological polar surface area (TPSA) is 84.5 Å². The Bertz CT molecular complexity index is 883. The second kappa shape index (κ2) is 8.39. The van der Waals surface area contributed by atoms with Crippen LogP contribution < -0.4 is 10.0 Å². The van der Waals surface area contributed by atoms with Gasteiger partial charge in [-0.25, -0.2) is 17.5 Å². The number of amides is 1. The summed E-state index contributed by atoms with van der Waals surface area (Å²) >= 11 is 0. The van der Waals surface area contributed by atoms with E-state index in [2.05, 4.69) is 10.0 Å². The number of benzene rings is 2. The molecule has 0 radical (unpaired) electrons. The number of halogens is 1. The first-order valence-electron chi connectivity index (χ1n) is 7.92. The zero-order chi connectivity index (χ0) is 19.3. The molecule has 1 atom stereocenters. The van der Waals surface area contributed by atoms with Gasteiger partial charge < -0.3 is 10.1 Å². The van der Waals surface area contributed by atoms with Crippen LogP contribution in [0, 0.1) is 12.7 Å². The van der Waals surface area contributed by atoms with Crippen molar-refractivity contribution in [3.8, 4) is 0 Å². The van der Waals surface area contributed by atoms with Gasteiger partial charge in [0, 0.05) is 24.4 Å². The van der Waals surface area contributed by atoms with Gasteiger partial charge in [0.1, 0.15) is 5.82 Å². The van der Waals surface area contributed by atoms with E-state index in [4.69, 9.17) is 4.74 Å². The third kappa shape index (κ3) is 5.10. The molecular weight excluding hydrogens is 359 g/mol. The van der Waals surface area contributed by atoms with Crippen LogP contribution in [-0.2, 0) is 14.8 Å². The number of ether oxygens (including phenoxy) is 1.